The first-order valence-corrected chi connectivity index (χ1v) is 6.24. The number of carbonyl (C=O) groups excluding carboxylic acids is 1. The number of aliphatic hydroxyl groups is 1. The summed E-state index contributed by atoms with van der Waals surface area (Å²) >= 11 is 6.12. The number of rotatable bonds is 4. The van der Waals surface area contributed by atoms with Crippen molar-refractivity contribution in [3.63, 3.8) is 0 Å². The quantitative estimate of drug-likeness (QED) is 0.521. The van der Waals surface area contributed by atoms with Gasteiger partial charge in [-0.25, -0.2) is 0 Å². The smallest absolute Gasteiger partial charge is 0.227 e. The van der Waals surface area contributed by atoms with Crippen LogP contribution < -0.4 is 4.90 Å². The number of halogens is 1. The summed E-state index contributed by atoms with van der Waals surface area (Å²) in [7, 11) is 0. The van der Waals surface area contributed by atoms with Crippen LogP contribution in [0.25, 0.3) is 10.4 Å². The Labute approximate surface area is 115 Å². The van der Waals surface area contributed by atoms with Gasteiger partial charge in [-0.15, -0.1) is 0 Å². The van der Waals surface area contributed by atoms with Crippen molar-refractivity contribution < 1.29 is 9.90 Å². The molecule has 0 spiro atoms. The molecule has 0 bridgehead atoms. The standard InChI is InChI=1S/C12H13ClN4O2/c13-10-3-1-2-9(7-18)12(10)17-6-8(4-11(17)19)5-15-16-14/h1-3,8,18H,4-7H2. The number of anilines is 1. The van der Waals surface area contributed by atoms with E-state index in [9.17, 15) is 9.90 Å². The molecule has 0 aliphatic carbocycles. The number of carbonyl (C=O) groups is 1. The minimum Gasteiger partial charge on any atom is -0.392 e. The zero-order chi connectivity index (χ0) is 13.8. The molecule has 0 saturated carbocycles. The Morgan fingerprint density at radius 2 is 2.37 bits per heavy atom. The third-order valence-corrected chi connectivity index (χ3v) is 3.42. The van der Waals surface area contributed by atoms with Crippen LogP contribution in [0.2, 0.25) is 5.02 Å². The molecular weight excluding hydrogens is 268 g/mol. The molecule has 2 rings (SSSR count). The Morgan fingerprint density at radius 1 is 1.58 bits per heavy atom. The number of para-hydroxylation sites is 1. The lowest BCUT2D eigenvalue weighted by molar-refractivity contribution is -0.117. The second kappa shape index (κ2) is 5.93. The molecular formula is C12H13ClN4O2. The molecule has 1 aliphatic heterocycles. The highest BCUT2D eigenvalue weighted by Gasteiger charge is 2.32. The van der Waals surface area contributed by atoms with E-state index in [0.29, 0.717) is 29.2 Å². The summed E-state index contributed by atoms with van der Waals surface area (Å²) in [6.07, 6.45) is 0.328. The molecule has 1 amide bonds. The molecule has 0 radical (unpaired) electrons. The molecule has 1 fully saturated rings. The summed E-state index contributed by atoms with van der Waals surface area (Å²) in [4.78, 5) is 16.3. The molecule has 1 heterocycles. The number of aliphatic hydroxyl groups excluding tert-OH is 1. The van der Waals surface area contributed by atoms with E-state index in [-0.39, 0.29) is 25.0 Å². The van der Waals surface area contributed by atoms with E-state index in [2.05, 4.69) is 10.0 Å². The van der Waals surface area contributed by atoms with E-state index in [0.717, 1.165) is 0 Å². The van der Waals surface area contributed by atoms with Gasteiger partial charge >= 0.3 is 0 Å². The highest BCUT2D eigenvalue weighted by atomic mass is 35.5. The first-order valence-electron chi connectivity index (χ1n) is 5.86. The predicted molar refractivity (Wildman–Crippen MR) is 71.8 cm³/mol. The van der Waals surface area contributed by atoms with Crippen LogP contribution in [0.5, 0.6) is 0 Å². The minimum absolute atomic E-state index is 0.00813. The van der Waals surface area contributed by atoms with Crippen molar-refractivity contribution in [1.29, 1.82) is 0 Å². The van der Waals surface area contributed by atoms with Crippen molar-refractivity contribution in [2.24, 2.45) is 11.0 Å². The van der Waals surface area contributed by atoms with Gasteiger partial charge in [-0.1, -0.05) is 28.8 Å². The summed E-state index contributed by atoms with van der Waals surface area (Å²) in [6.45, 7) is 0.562. The summed E-state index contributed by atoms with van der Waals surface area (Å²) in [5.74, 6) is -0.0767. The average molecular weight is 281 g/mol. The fraction of sp³-hybridized carbons (Fsp3) is 0.417. The second-order valence-electron chi connectivity index (χ2n) is 4.39. The summed E-state index contributed by atoms with van der Waals surface area (Å²) < 4.78 is 0. The Morgan fingerprint density at radius 3 is 3.05 bits per heavy atom. The van der Waals surface area contributed by atoms with E-state index in [1.54, 1.807) is 23.1 Å². The van der Waals surface area contributed by atoms with E-state index in [1.807, 2.05) is 0 Å². The van der Waals surface area contributed by atoms with Crippen molar-refractivity contribution in [3.05, 3.63) is 39.2 Å². The van der Waals surface area contributed by atoms with Crippen molar-refractivity contribution >= 4 is 23.2 Å². The maximum Gasteiger partial charge on any atom is 0.227 e. The van der Waals surface area contributed by atoms with Gasteiger partial charge in [0.25, 0.3) is 0 Å². The molecule has 1 unspecified atom stereocenters. The monoisotopic (exact) mass is 280 g/mol. The molecule has 1 N–H and O–H groups in total. The minimum atomic E-state index is -0.180. The Bertz CT molecular complexity index is 543. The van der Waals surface area contributed by atoms with Crippen LogP contribution in [0.1, 0.15) is 12.0 Å². The Kier molecular flexibility index (Phi) is 4.27. The van der Waals surface area contributed by atoms with Crippen LogP contribution in [0, 0.1) is 5.92 Å². The maximum absolute atomic E-state index is 12.0. The van der Waals surface area contributed by atoms with Gasteiger partial charge < -0.3 is 10.0 Å². The first-order chi connectivity index (χ1) is 9.17. The number of benzene rings is 1. The molecule has 19 heavy (non-hydrogen) atoms. The summed E-state index contributed by atoms with van der Waals surface area (Å²) in [6, 6.07) is 5.15. The molecule has 1 aromatic carbocycles. The number of hydrogen-bond acceptors (Lipinski definition) is 3. The molecule has 1 saturated heterocycles. The van der Waals surface area contributed by atoms with Gasteiger partial charge in [-0.05, 0) is 17.5 Å². The van der Waals surface area contributed by atoms with Gasteiger partial charge in [-0.3, -0.25) is 4.79 Å². The van der Waals surface area contributed by atoms with E-state index >= 15 is 0 Å². The fourth-order valence-corrected chi connectivity index (χ4v) is 2.56. The van der Waals surface area contributed by atoms with Crippen LogP contribution in [-0.2, 0) is 11.4 Å². The van der Waals surface area contributed by atoms with Crippen LogP contribution in [0.15, 0.2) is 23.3 Å². The van der Waals surface area contributed by atoms with Crippen LogP contribution >= 0.6 is 11.6 Å². The highest BCUT2D eigenvalue weighted by Crippen LogP contribution is 2.34. The SMILES string of the molecule is [N-]=[N+]=NCC1CC(=O)N(c2c(Cl)cccc2CO)C1. The number of amides is 1. The molecule has 100 valence electrons. The van der Waals surface area contributed by atoms with E-state index in [4.69, 9.17) is 17.1 Å². The van der Waals surface area contributed by atoms with Crippen molar-refractivity contribution in [2.45, 2.75) is 13.0 Å². The second-order valence-corrected chi connectivity index (χ2v) is 4.80. The first kappa shape index (κ1) is 13.7. The van der Waals surface area contributed by atoms with Crippen molar-refractivity contribution in [3.8, 4) is 0 Å². The van der Waals surface area contributed by atoms with E-state index in [1.165, 1.54) is 0 Å². The van der Waals surface area contributed by atoms with Crippen molar-refractivity contribution in [2.75, 3.05) is 18.0 Å². The molecule has 6 nitrogen and oxygen atoms in total. The topological polar surface area (TPSA) is 89.3 Å². The largest absolute Gasteiger partial charge is 0.392 e. The zero-order valence-electron chi connectivity index (χ0n) is 10.2. The molecule has 1 aliphatic rings. The predicted octanol–water partition coefficient (Wildman–Crippen LogP) is 2.50. The zero-order valence-corrected chi connectivity index (χ0v) is 10.9. The van der Waals surface area contributed by atoms with Crippen LogP contribution in [0.4, 0.5) is 5.69 Å². The highest BCUT2D eigenvalue weighted by molar-refractivity contribution is 6.34. The van der Waals surface area contributed by atoms with Gasteiger partial charge in [0.1, 0.15) is 0 Å². The molecule has 7 heteroatoms. The van der Waals surface area contributed by atoms with Gasteiger partial charge in [0.05, 0.1) is 17.3 Å². The number of nitrogens with zero attached hydrogens (tertiary/aromatic N) is 4. The van der Waals surface area contributed by atoms with Crippen molar-refractivity contribution in [1.82, 2.24) is 0 Å². The van der Waals surface area contributed by atoms with Gasteiger partial charge in [-0.2, -0.15) is 0 Å². The van der Waals surface area contributed by atoms with E-state index < -0.39 is 0 Å². The van der Waals surface area contributed by atoms with Crippen LogP contribution in [-0.4, -0.2) is 24.1 Å². The maximum atomic E-state index is 12.0. The van der Waals surface area contributed by atoms with Gasteiger partial charge in [0.2, 0.25) is 5.91 Å². The molecule has 1 atom stereocenters. The third-order valence-electron chi connectivity index (χ3n) is 3.12. The summed E-state index contributed by atoms with van der Waals surface area (Å²) in [5, 5.41) is 13.3. The Hall–Kier alpha value is -1.75. The number of azide groups is 1. The van der Waals surface area contributed by atoms with Gasteiger partial charge in [0, 0.05) is 30.0 Å². The average Bonchev–Trinajstić information content (AvgIpc) is 2.77. The van der Waals surface area contributed by atoms with Gasteiger partial charge in [0.15, 0.2) is 0 Å². The fourth-order valence-electron chi connectivity index (χ4n) is 2.26. The lowest BCUT2D eigenvalue weighted by Crippen LogP contribution is -2.26. The lowest BCUT2D eigenvalue weighted by atomic mass is 10.1. The molecule has 1 aromatic rings. The Balaban J connectivity index is 2.27. The normalized spacial score (nSPS) is 18.5. The number of hydrogen-bond donors (Lipinski definition) is 1. The van der Waals surface area contributed by atoms with Crippen LogP contribution in [0.3, 0.4) is 0 Å². The lowest BCUT2D eigenvalue weighted by Gasteiger charge is -2.21. The molecule has 0 aromatic heterocycles. The third kappa shape index (κ3) is 2.81. The summed E-state index contributed by atoms with van der Waals surface area (Å²) in [5.41, 5.74) is 9.48.